The Kier molecular flexibility index (Phi) is 3.79. The summed E-state index contributed by atoms with van der Waals surface area (Å²) in [6.07, 6.45) is -3.70. The zero-order valence-corrected chi connectivity index (χ0v) is 10.4. The molecule has 0 bridgehead atoms. The van der Waals surface area contributed by atoms with Gasteiger partial charge in [0.15, 0.2) is 0 Å². The Morgan fingerprint density at radius 1 is 1.24 bits per heavy atom. The van der Waals surface area contributed by atoms with Crippen molar-refractivity contribution in [3.8, 4) is 0 Å². The highest BCUT2D eigenvalue weighted by Gasteiger charge is 2.30. The number of aromatic nitrogens is 1. The minimum Gasteiger partial charge on any atom is -0.383 e. The molecule has 1 amide bonds. The van der Waals surface area contributed by atoms with E-state index in [2.05, 4.69) is 10.3 Å². The Balaban J connectivity index is 2.26. The van der Waals surface area contributed by atoms with Crippen LogP contribution >= 0.6 is 0 Å². The number of pyridine rings is 1. The number of benzene rings is 1. The summed E-state index contributed by atoms with van der Waals surface area (Å²) in [7, 11) is 0. The average Bonchev–Trinajstić information content (AvgIpc) is 2.41. The third-order valence-electron chi connectivity index (χ3n) is 2.58. The third-order valence-corrected chi connectivity index (χ3v) is 2.58. The van der Waals surface area contributed by atoms with Gasteiger partial charge in [0.2, 0.25) is 0 Å². The van der Waals surface area contributed by atoms with Crippen molar-refractivity contribution >= 4 is 17.4 Å². The maximum Gasteiger partial charge on any atom is 0.416 e. The number of nitrogens with two attached hydrogens (primary N) is 1. The number of alkyl halides is 3. The van der Waals surface area contributed by atoms with Crippen molar-refractivity contribution in [3.05, 3.63) is 53.5 Å². The Labute approximate surface area is 116 Å². The van der Waals surface area contributed by atoms with Crippen molar-refractivity contribution in [2.24, 2.45) is 0 Å². The molecule has 0 saturated heterocycles. The van der Waals surface area contributed by atoms with Crippen LogP contribution in [0.2, 0.25) is 0 Å². The number of anilines is 2. The fraction of sp³-hybridized carbons (Fsp3) is 0.0769. The lowest BCUT2D eigenvalue weighted by Gasteiger charge is -2.10. The molecule has 0 fully saturated rings. The number of carbonyl (C=O) groups is 1. The van der Waals surface area contributed by atoms with Crippen molar-refractivity contribution < 1.29 is 22.4 Å². The summed E-state index contributed by atoms with van der Waals surface area (Å²) < 4.78 is 50.7. The van der Waals surface area contributed by atoms with E-state index in [-0.39, 0.29) is 17.1 Å². The Hall–Kier alpha value is -2.64. The van der Waals surface area contributed by atoms with E-state index in [9.17, 15) is 22.4 Å². The summed E-state index contributed by atoms with van der Waals surface area (Å²) >= 11 is 0. The highest BCUT2D eigenvalue weighted by molar-refractivity contribution is 6.07. The van der Waals surface area contributed by atoms with E-state index in [4.69, 9.17) is 5.73 Å². The van der Waals surface area contributed by atoms with Crippen LogP contribution in [-0.2, 0) is 6.18 Å². The van der Waals surface area contributed by atoms with E-state index in [0.717, 1.165) is 30.5 Å². The van der Waals surface area contributed by atoms with E-state index in [1.54, 1.807) is 0 Å². The maximum absolute atomic E-state index is 13.0. The molecule has 0 unspecified atom stereocenters. The van der Waals surface area contributed by atoms with Gasteiger partial charge >= 0.3 is 6.18 Å². The normalized spacial score (nSPS) is 11.2. The molecule has 1 aromatic heterocycles. The van der Waals surface area contributed by atoms with Crippen LogP contribution in [0.25, 0.3) is 0 Å². The van der Waals surface area contributed by atoms with Crippen molar-refractivity contribution in [2.45, 2.75) is 6.18 Å². The van der Waals surface area contributed by atoms with Crippen LogP contribution in [0.1, 0.15) is 15.9 Å². The van der Waals surface area contributed by atoms with E-state index < -0.39 is 23.5 Å². The van der Waals surface area contributed by atoms with Crippen LogP contribution in [0.3, 0.4) is 0 Å². The fourth-order valence-electron chi connectivity index (χ4n) is 1.60. The Bertz CT molecular complexity index is 685. The van der Waals surface area contributed by atoms with Crippen LogP contribution in [0.5, 0.6) is 0 Å². The number of hydrogen-bond acceptors (Lipinski definition) is 3. The van der Waals surface area contributed by atoms with E-state index in [0.29, 0.717) is 0 Å². The number of hydrogen-bond donors (Lipinski definition) is 2. The molecule has 0 atom stereocenters. The van der Waals surface area contributed by atoms with Gasteiger partial charge in [-0.05, 0) is 24.3 Å². The molecule has 4 nitrogen and oxygen atoms in total. The summed E-state index contributed by atoms with van der Waals surface area (Å²) in [5.41, 5.74) is 4.17. The van der Waals surface area contributed by atoms with Crippen LogP contribution in [-0.4, -0.2) is 10.9 Å². The molecule has 1 heterocycles. The summed E-state index contributed by atoms with van der Waals surface area (Å²) in [6.45, 7) is 0. The predicted octanol–water partition coefficient (Wildman–Crippen LogP) is 3.07. The van der Waals surface area contributed by atoms with Gasteiger partial charge < -0.3 is 11.1 Å². The SMILES string of the molecule is Nc1ncc(F)cc1C(=O)Nc1cccc(C(F)(F)F)c1. The van der Waals surface area contributed by atoms with Gasteiger partial charge in [-0.1, -0.05) is 6.07 Å². The lowest BCUT2D eigenvalue weighted by atomic mass is 10.2. The first kappa shape index (κ1) is 14.8. The molecule has 0 saturated carbocycles. The number of nitrogen functional groups attached to an aromatic ring is 1. The van der Waals surface area contributed by atoms with Gasteiger partial charge in [-0.2, -0.15) is 13.2 Å². The van der Waals surface area contributed by atoms with Crippen molar-refractivity contribution in [1.82, 2.24) is 4.98 Å². The minimum atomic E-state index is -4.53. The second-order valence-electron chi connectivity index (χ2n) is 4.12. The first-order valence-electron chi connectivity index (χ1n) is 5.67. The summed E-state index contributed by atoms with van der Waals surface area (Å²) in [5, 5.41) is 2.21. The standard InChI is InChI=1S/C13H9F4N3O/c14-8-5-10(11(18)19-6-8)12(21)20-9-3-1-2-7(4-9)13(15,16)17/h1-6H,(H2,18,19)(H,20,21). The lowest BCUT2D eigenvalue weighted by molar-refractivity contribution is -0.137. The lowest BCUT2D eigenvalue weighted by Crippen LogP contribution is -2.16. The summed E-state index contributed by atoms with van der Waals surface area (Å²) in [6, 6.07) is 4.90. The minimum absolute atomic E-state index is 0.0847. The Morgan fingerprint density at radius 3 is 2.62 bits per heavy atom. The molecule has 2 aromatic rings. The summed E-state index contributed by atoms with van der Waals surface area (Å²) in [4.78, 5) is 15.3. The van der Waals surface area contributed by atoms with Crippen LogP contribution in [0.4, 0.5) is 29.1 Å². The maximum atomic E-state index is 13.0. The first-order chi connectivity index (χ1) is 9.77. The van der Waals surface area contributed by atoms with Gasteiger partial charge in [-0.15, -0.1) is 0 Å². The molecule has 0 spiro atoms. The first-order valence-corrected chi connectivity index (χ1v) is 5.67. The van der Waals surface area contributed by atoms with Crippen molar-refractivity contribution in [1.29, 1.82) is 0 Å². The molecule has 2 rings (SSSR count). The quantitative estimate of drug-likeness (QED) is 0.837. The van der Waals surface area contributed by atoms with Gasteiger partial charge in [0.05, 0.1) is 17.3 Å². The number of halogens is 4. The van der Waals surface area contributed by atoms with E-state index in [1.165, 1.54) is 6.07 Å². The highest BCUT2D eigenvalue weighted by atomic mass is 19.4. The molecule has 0 radical (unpaired) electrons. The molecular formula is C13H9F4N3O. The van der Waals surface area contributed by atoms with Crippen LogP contribution in [0, 0.1) is 5.82 Å². The topological polar surface area (TPSA) is 68.0 Å². The van der Waals surface area contributed by atoms with Crippen molar-refractivity contribution in [3.63, 3.8) is 0 Å². The van der Waals surface area contributed by atoms with Gasteiger partial charge in [0, 0.05) is 5.69 Å². The average molecular weight is 299 g/mol. The van der Waals surface area contributed by atoms with Gasteiger partial charge in [-0.25, -0.2) is 9.37 Å². The monoisotopic (exact) mass is 299 g/mol. The number of rotatable bonds is 2. The fourth-order valence-corrected chi connectivity index (χ4v) is 1.60. The van der Waals surface area contributed by atoms with Gasteiger partial charge in [0.25, 0.3) is 5.91 Å². The van der Waals surface area contributed by atoms with E-state index in [1.807, 2.05) is 0 Å². The second-order valence-corrected chi connectivity index (χ2v) is 4.12. The number of nitrogens with one attached hydrogen (secondary N) is 1. The third kappa shape index (κ3) is 3.47. The van der Waals surface area contributed by atoms with Crippen molar-refractivity contribution in [2.75, 3.05) is 11.1 Å². The van der Waals surface area contributed by atoms with Gasteiger partial charge in [-0.3, -0.25) is 4.79 Å². The smallest absolute Gasteiger partial charge is 0.383 e. The second kappa shape index (κ2) is 5.39. The van der Waals surface area contributed by atoms with Gasteiger partial charge in [0.1, 0.15) is 11.6 Å². The molecule has 110 valence electrons. The van der Waals surface area contributed by atoms with Crippen LogP contribution < -0.4 is 11.1 Å². The van der Waals surface area contributed by atoms with Crippen LogP contribution in [0.15, 0.2) is 36.5 Å². The summed E-state index contributed by atoms with van der Waals surface area (Å²) in [5.74, 6) is -1.85. The number of amides is 1. The molecule has 0 aliphatic carbocycles. The molecule has 0 aliphatic heterocycles. The number of nitrogens with zero attached hydrogens (tertiary/aromatic N) is 1. The Morgan fingerprint density at radius 2 is 1.95 bits per heavy atom. The highest BCUT2D eigenvalue weighted by Crippen LogP contribution is 2.30. The molecule has 0 aliphatic rings. The molecule has 3 N–H and O–H groups in total. The zero-order valence-electron chi connectivity index (χ0n) is 10.4. The van der Waals surface area contributed by atoms with E-state index >= 15 is 0 Å². The molecular weight excluding hydrogens is 290 g/mol. The largest absolute Gasteiger partial charge is 0.416 e. The zero-order chi connectivity index (χ0) is 15.6. The number of carbonyl (C=O) groups excluding carboxylic acids is 1. The molecule has 1 aromatic carbocycles. The predicted molar refractivity (Wildman–Crippen MR) is 68.0 cm³/mol. The molecule has 8 heteroatoms. The molecule has 21 heavy (non-hydrogen) atoms.